The Morgan fingerprint density at radius 1 is 1.13 bits per heavy atom. The minimum Gasteiger partial charge on any atom is -0.494 e. The number of nitrogens with zero attached hydrogens (tertiary/aromatic N) is 1. The van der Waals surface area contributed by atoms with Gasteiger partial charge in [0.2, 0.25) is 0 Å². The predicted molar refractivity (Wildman–Crippen MR) is 119 cm³/mol. The summed E-state index contributed by atoms with van der Waals surface area (Å²) in [7, 11) is 1.39. The molecule has 0 spiro atoms. The average Bonchev–Trinajstić information content (AvgIpc) is 3.22. The van der Waals surface area contributed by atoms with E-state index in [4.69, 9.17) is 4.74 Å². The van der Waals surface area contributed by atoms with Gasteiger partial charge in [0.15, 0.2) is 16.7 Å². The zero-order chi connectivity index (χ0) is 22.0. The molecular formula is C23H18FN3O3S. The molecule has 0 radical (unpaired) electrons. The summed E-state index contributed by atoms with van der Waals surface area (Å²) in [5.41, 5.74) is 3.09. The number of aromatic amines is 1. The van der Waals surface area contributed by atoms with E-state index < -0.39 is 17.3 Å². The molecule has 156 valence electrons. The Morgan fingerprint density at radius 3 is 2.68 bits per heavy atom. The van der Waals surface area contributed by atoms with Crippen molar-refractivity contribution in [2.75, 3.05) is 12.4 Å². The maximum absolute atomic E-state index is 13.9. The van der Waals surface area contributed by atoms with E-state index in [-0.39, 0.29) is 11.3 Å². The maximum atomic E-state index is 13.9. The first-order chi connectivity index (χ1) is 14.9. The van der Waals surface area contributed by atoms with E-state index in [1.807, 2.05) is 31.2 Å². The number of aryl methyl sites for hydroxylation is 1. The summed E-state index contributed by atoms with van der Waals surface area (Å²) < 4.78 is 18.9. The molecule has 6 nitrogen and oxygen atoms in total. The molecular weight excluding hydrogens is 417 g/mol. The number of anilines is 1. The number of ether oxygens (including phenoxy) is 1. The van der Waals surface area contributed by atoms with E-state index in [9.17, 15) is 14.0 Å². The smallest absolute Gasteiger partial charge is 0.263 e. The van der Waals surface area contributed by atoms with Gasteiger partial charge in [-0.2, -0.15) is 0 Å². The van der Waals surface area contributed by atoms with E-state index in [2.05, 4.69) is 15.3 Å². The number of hydrogen-bond acceptors (Lipinski definition) is 5. The van der Waals surface area contributed by atoms with Crippen LogP contribution in [-0.4, -0.2) is 23.0 Å². The third kappa shape index (κ3) is 4.39. The van der Waals surface area contributed by atoms with Crippen molar-refractivity contribution in [3.8, 4) is 28.3 Å². The van der Waals surface area contributed by atoms with Crippen LogP contribution in [0.5, 0.6) is 5.75 Å². The Labute approximate surface area is 181 Å². The summed E-state index contributed by atoms with van der Waals surface area (Å²) >= 11 is 1.18. The number of carbonyl (C=O) groups excluding carboxylic acids is 1. The van der Waals surface area contributed by atoms with Gasteiger partial charge in [-0.1, -0.05) is 23.8 Å². The number of pyridine rings is 1. The number of nitrogens with one attached hydrogen (secondary N) is 2. The molecule has 8 heteroatoms. The SMILES string of the molecule is COc1ccc(-c2csc(NC(=O)c3ccc(-c4cccc(C)c4)[nH]c3=O)n2)cc1F. The van der Waals surface area contributed by atoms with Gasteiger partial charge >= 0.3 is 0 Å². The highest BCUT2D eigenvalue weighted by Crippen LogP contribution is 2.28. The van der Waals surface area contributed by atoms with Crippen LogP contribution in [0, 0.1) is 12.7 Å². The number of carbonyl (C=O) groups is 1. The zero-order valence-electron chi connectivity index (χ0n) is 16.7. The van der Waals surface area contributed by atoms with Crippen LogP contribution in [0.2, 0.25) is 0 Å². The number of benzene rings is 2. The molecule has 0 aliphatic carbocycles. The summed E-state index contributed by atoms with van der Waals surface area (Å²) in [6.07, 6.45) is 0. The lowest BCUT2D eigenvalue weighted by molar-refractivity contribution is 0.102. The molecule has 2 heterocycles. The lowest BCUT2D eigenvalue weighted by Crippen LogP contribution is -2.23. The van der Waals surface area contributed by atoms with Crippen LogP contribution in [0.3, 0.4) is 0 Å². The molecule has 0 saturated carbocycles. The van der Waals surface area contributed by atoms with Crippen molar-refractivity contribution < 1.29 is 13.9 Å². The molecule has 2 N–H and O–H groups in total. The molecule has 0 aliphatic heterocycles. The summed E-state index contributed by atoms with van der Waals surface area (Å²) in [5, 5.41) is 4.63. The van der Waals surface area contributed by atoms with Gasteiger partial charge in [0, 0.05) is 16.6 Å². The molecule has 0 saturated heterocycles. The van der Waals surface area contributed by atoms with Gasteiger partial charge < -0.3 is 9.72 Å². The van der Waals surface area contributed by atoms with Gasteiger partial charge in [0.05, 0.1) is 12.8 Å². The highest BCUT2D eigenvalue weighted by atomic mass is 32.1. The van der Waals surface area contributed by atoms with Gasteiger partial charge in [-0.25, -0.2) is 9.37 Å². The van der Waals surface area contributed by atoms with Gasteiger partial charge in [-0.05, 0) is 48.9 Å². The van der Waals surface area contributed by atoms with Crippen LogP contribution in [0.1, 0.15) is 15.9 Å². The van der Waals surface area contributed by atoms with Crippen LogP contribution in [0.15, 0.2) is 64.8 Å². The molecule has 0 atom stereocenters. The van der Waals surface area contributed by atoms with Gasteiger partial charge in [-0.15, -0.1) is 11.3 Å². The van der Waals surface area contributed by atoms with E-state index >= 15 is 0 Å². The fourth-order valence-corrected chi connectivity index (χ4v) is 3.80. The predicted octanol–water partition coefficient (Wildman–Crippen LogP) is 4.87. The largest absolute Gasteiger partial charge is 0.494 e. The van der Waals surface area contributed by atoms with E-state index in [0.717, 1.165) is 11.1 Å². The summed E-state index contributed by atoms with van der Waals surface area (Å²) in [4.78, 5) is 32.1. The third-order valence-corrected chi connectivity index (χ3v) is 5.41. The first-order valence-corrected chi connectivity index (χ1v) is 10.2. The molecule has 1 amide bonds. The quantitative estimate of drug-likeness (QED) is 0.468. The van der Waals surface area contributed by atoms with E-state index in [1.165, 1.54) is 36.6 Å². The Morgan fingerprint density at radius 2 is 1.97 bits per heavy atom. The number of H-pyrrole nitrogens is 1. The zero-order valence-corrected chi connectivity index (χ0v) is 17.5. The van der Waals surface area contributed by atoms with Crippen LogP contribution in [-0.2, 0) is 0 Å². The van der Waals surface area contributed by atoms with Crippen LogP contribution < -0.4 is 15.6 Å². The van der Waals surface area contributed by atoms with Crippen molar-refractivity contribution in [3.63, 3.8) is 0 Å². The second-order valence-corrected chi connectivity index (χ2v) is 7.68. The monoisotopic (exact) mass is 435 g/mol. The minimum atomic E-state index is -0.571. The molecule has 4 rings (SSSR count). The van der Waals surface area contributed by atoms with E-state index in [1.54, 1.807) is 17.5 Å². The lowest BCUT2D eigenvalue weighted by atomic mass is 10.1. The fourth-order valence-electron chi connectivity index (χ4n) is 3.09. The molecule has 0 aliphatic rings. The number of methoxy groups -OCH3 is 1. The first kappa shape index (κ1) is 20.5. The normalized spacial score (nSPS) is 10.7. The van der Waals surface area contributed by atoms with Gasteiger partial charge in [0.25, 0.3) is 11.5 Å². The molecule has 2 aromatic carbocycles. The Balaban J connectivity index is 1.52. The number of amides is 1. The number of hydrogen-bond donors (Lipinski definition) is 2. The van der Waals surface area contributed by atoms with Gasteiger partial charge in [-0.3, -0.25) is 14.9 Å². The molecule has 4 aromatic rings. The van der Waals surface area contributed by atoms with Gasteiger partial charge in [0.1, 0.15) is 5.56 Å². The van der Waals surface area contributed by atoms with Crippen molar-refractivity contribution in [2.45, 2.75) is 6.92 Å². The highest BCUT2D eigenvalue weighted by Gasteiger charge is 2.15. The standard InChI is InChI=1S/C23H18FN3O3S/c1-13-4-3-5-14(10-13)18-8-7-16(21(28)25-18)22(29)27-23-26-19(12-31-23)15-6-9-20(30-2)17(24)11-15/h3-12H,1-2H3,(H,25,28)(H,26,27,29). The second-order valence-electron chi connectivity index (χ2n) is 6.83. The van der Waals surface area contributed by atoms with Crippen LogP contribution >= 0.6 is 11.3 Å². The summed E-state index contributed by atoms with van der Waals surface area (Å²) in [6, 6.07) is 15.4. The maximum Gasteiger partial charge on any atom is 0.263 e. The van der Waals surface area contributed by atoms with Crippen LogP contribution in [0.4, 0.5) is 9.52 Å². The van der Waals surface area contributed by atoms with Crippen molar-refractivity contribution >= 4 is 22.4 Å². The van der Waals surface area contributed by atoms with Crippen molar-refractivity contribution in [1.82, 2.24) is 9.97 Å². The average molecular weight is 435 g/mol. The number of rotatable bonds is 5. The topological polar surface area (TPSA) is 84.1 Å². The van der Waals surface area contributed by atoms with Crippen molar-refractivity contribution in [2.24, 2.45) is 0 Å². The third-order valence-electron chi connectivity index (χ3n) is 4.66. The Bertz CT molecular complexity index is 1330. The lowest BCUT2D eigenvalue weighted by Gasteiger charge is -2.05. The summed E-state index contributed by atoms with van der Waals surface area (Å²) in [5.74, 6) is -0.932. The number of thiazole rings is 1. The molecule has 2 aromatic heterocycles. The van der Waals surface area contributed by atoms with Crippen molar-refractivity contribution in [3.05, 3.63) is 87.3 Å². The molecule has 31 heavy (non-hydrogen) atoms. The Kier molecular flexibility index (Phi) is 5.64. The fraction of sp³-hybridized carbons (Fsp3) is 0.0870. The highest BCUT2D eigenvalue weighted by molar-refractivity contribution is 7.14. The van der Waals surface area contributed by atoms with Crippen molar-refractivity contribution in [1.29, 1.82) is 0 Å². The molecule has 0 bridgehead atoms. The second kappa shape index (κ2) is 8.53. The Hall–Kier alpha value is -3.78. The molecule has 0 fully saturated rings. The number of halogens is 1. The minimum absolute atomic E-state index is 0.0244. The van der Waals surface area contributed by atoms with E-state index in [0.29, 0.717) is 22.1 Å². The first-order valence-electron chi connectivity index (χ1n) is 9.36. The summed E-state index contributed by atoms with van der Waals surface area (Å²) in [6.45, 7) is 1.96. The molecule has 0 unspecified atom stereocenters. The van der Waals surface area contributed by atoms with Crippen LogP contribution in [0.25, 0.3) is 22.5 Å². The number of aromatic nitrogens is 2.